The number of fused-ring (bicyclic) bond motifs is 1. The number of benzene rings is 2. The average Bonchev–Trinajstić information content (AvgIpc) is 3.30. The molecule has 2 atom stereocenters. The van der Waals surface area contributed by atoms with Crippen molar-refractivity contribution in [3.8, 4) is 11.1 Å². The molecule has 0 saturated heterocycles. The molecule has 0 fully saturated rings. The molecule has 4 rings (SSSR count). The topological polar surface area (TPSA) is 80.7 Å². The van der Waals surface area contributed by atoms with Crippen LogP contribution in [-0.4, -0.2) is 9.97 Å². The standard InChI is InChI=1S/C19H15F3N4S/c20-15-6-10(7-27-15)11-2-3-12(17(22)16(11)21)19(24)18(23)9-1-4-13-14(5-9)26-8-25-13/h1-8,18-19H,23-24H2,(H,25,26). The first-order valence-electron chi connectivity index (χ1n) is 8.12. The number of hydrogen-bond acceptors (Lipinski definition) is 4. The summed E-state index contributed by atoms with van der Waals surface area (Å²) in [5, 5.41) is 0.958. The highest BCUT2D eigenvalue weighted by atomic mass is 32.1. The predicted octanol–water partition coefficient (Wildman–Crippen LogP) is 4.41. The second-order valence-corrected chi connectivity index (χ2v) is 7.06. The van der Waals surface area contributed by atoms with Crippen LogP contribution in [0, 0.1) is 16.8 Å². The molecular formula is C19H15F3N4S. The molecule has 138 valence electrons. The van der Waals surface area contributed by atoms with Crippen LogP contribution in [-0.2, 0) is 0 Å². The lowest BCUT2D eigenvalue weighted by Gasteiger charge is -2.22. The van der Waals surface area contributed by atoms with E-state index in [-0.39, 0.29) is 16.7 Å². The Balaban J connectivity index is 1.68. The minimum Gasteiger partial charge on any atom is -0.345 e. The zero-order valence-corrected chi connectivity index (χ0v) is 14.7. The first kappa shape index (κ1) is 17.7. The van der Waals surface area contributed by atoms with Crippen LogP contribution in [0.25, 0.3) is 22.2 Å². The molecule has 5 N–H and O–H groups in total. The lowest BCUT2D eigenvalue weighted by Crippen LogP contribution is -2.27. The van der Waals surface area contributed by atoms with Gasteiger partial charge in [-0.3, -0.25) is 0 Å². The molecule has 2 aromatic heterocycles. The maximum atomic E-state index is 14.7. The van der Waals surface area contributed by atoms with Crippen LogP contribution in [0.4, 0.5) is 13.2 Å². The van der Waals surface area contributed by atoms with E-state index in [0.29, 0.717) is 5.56 Å². The summed E-state index contributed by atoms with van der Waals surface area (Å²) in [6.07, 6.45) is 1.56. The lowest BCUT2D eigenvalue weighted by atomic mass is 9.92. The third kappa shape index (κ3) is 3.12. The van der Waals surface area contributed by atoms with Crippen LogP contribution in [0.1, 0.15) is 23.2 Å². The van der Waals surface area contributed by atoms with E-state index in [1.54, 1.807) is 24.5 Å². The predicted molar refractivity (Wildman–Crippen MR) is 99.6 cm³/mol. The van der Waals surface area contributed by atoms with Gasteiger partial charge in [0, 0.05) is 22.5 Å². The van der Waals surface area contributed by atoms with Crippen LogP contribution >= 0.6 is 11.3 Å². The fourth-order valence-electron chi connectivity index (χ4n) is 3.06. The molecule has 27 heavy (non-hydrogen) atoms. The molecule has 2 aromatic carbocycles. The van der Waals surface area contributed by atoms with Crippen LogP contribution in [0.5, 0.6) is 0 Å². The molecule has 0 amide bonds. The van der Waals surface area contributed by atoms with Crippen LogP contribution in [0.15, 0.2) is 48.1 Å². The van der Waals surface area contributed by atoms with E-state index in [1.807, 2.05) is 0 Å². The third-order valence-corrected chi connectivity index (χ3v) is 5.28. The van der Waals surface area contributed by atoms with Gasteiger partial charge < -0.3 is 16.5 Å². The van der Waals surface area contributed by atoms with Crippen molar-refractivity contribution < 1.29 is 13.2 Å². The van der Waals surface area contributed by atoms with Crippen LogP contribution < -0.4 is 11.5 Å². The molecule has 4 nitrogen and oxygen atoms in total. The number of nitrogens with one attached hydrogen (secondary N) is 1. The Labute approximate surface area is 156 Å². The van der Waals surface area contributed by atoms with E-state index >= 15 is 0 Å². The summed E-state index contributed by atoms with van der Waals surface area (Å²) in [5.74, 6) is -2.15. The van der Waals surface area contributed by atoms with E-state index in [2.05, 4.69) is 9.97 Å². The van der Waals surface area contributed by atoms with Crippen molar-refractivity contribution in [1.29, 1.82) is 0 Å². The Bertz CT molecular complexity index is 1120. The maximum Gasteiger partial charge on any atom is 0.177 e. The highest BCUT2D eigenvalue weighted by molar-refractivity contribution is 7.08. The first-order chi connectivity index (χ1) is 13.0. The quantitative estimate of drug-likeness (QED) is 0.484. The molecule has 0 bridgehead atoms. The zero-order chi connectivity index (χ0) is 19.1. The van der Waals surface area contributed by atoms with Gasteiger partial charge in [0.25, 0.3) is 0 Å². The number of aromatic amines is 1. The Kier molecular flexibility index (Phi) is 4.47. The number of hydrogen-bond donors (Lipinski definition) is 3. The summed E-state index contributed by atoms with van der Waals surface area (Å²) >= 11 is 0.820. The van der Waals surface area contributed by atoms with Gasteiger partial charge in [0.15, 0.2) is 16.8 Å². The molecule has 0 saturated carbocycles. The Morgan fingerprint density at radius 3 is 2.52 bits per heavy atom. The Morgan fingerprint density at radius 1 is 0.963 bits per heavy atom. The fourth-order valence-corrected chi connectivity index (χ4v) is 3.69. The summed E-state index contributed by atoms with van der Waals surface area (Å²) in [4.78, 5) is 7.10. The van der Waals surface area contributed by atoms with Gasteiger partial charge in [-0.25, -0.2) is 13.8 Å². The largest absolute Gasteiger partial charge is 0.345 e. The minimum atomic E-state index is -1.08. The first-order valence-corrected chi connectivity index (χ1v) is 9.00. The summed E-state index contributed by atoms with van der Waals surface area (Å²) in [7, 11) is 0. The lowest BCUT2D eigenvalue weighted by molar-refractivity contribution is 0.473. The average molecular weight is 388 g/mol. The van der Waals surface area contributed by atoms with Gasteiger partial charge in [0.05, 0.1) is 23.4 Å². The van der Waals surface area contributed by atoms with Crippen LogP contribution in [0.2, 0.25) is 0 Å². The number of H-pyrrole nitrogens is 1. The summed E-state index contributed by atoms with van der Waals surface area (Å²) in [5.41, 5.74) is 14.8. The number of nitrogens with two attached hydrogens (primary N) is 2. The molecule has 2 unspecified atom stereocenters. The van der Waals surface area contributed by atoms with E-state index in [4.69, 9.17) is 11.5 Å². The fraction of sp³-hybridized carbons (Fsp3) is 0.105. The van der Waals surface area contributed by atoms with Gasteiger partial charge in [0.2, 0.25) is 0 Å². The van der Waals surface area contributed by atoms with E-state index < -0.39 is 28.8 Å². The Hall–Kier alpha value is -2.68. The smallest absolute Gasteiger partial charge is 0.177 e. The number of rotatable bonds is 4. The molecular weight excluding hydrogens is 373 g/mol. The van der Waals surface area contributed by atoms with E-state index in [9.17, 15) is 13.2 Å². The molecule has 0 aliphatic carbocycles. The number of nitrogens with zero attached hydrogens (tertiary/aromatic N) is 1. The van der Waals surface area contributed by atoms with Crippen molar-refractivity contribution in [2.45, 2.75) is 12.1 Å². The minimum absolute atomic E-state index is 0.0175. The highest BCUT2D eigenvalue weighted by Gasteiger charge is 2.24. The number of aromatic nitrogens is 2. The summed E-state index contributed by atoms with van der Waals surface area (Å²) in [6.45, 7) is 0. The number of halogens is 3. The SMILES string of the molecule is NC(c1ccc2nc[nH]c2c1)C(N)c1ccc(-c2csc(F)c2)c(F)c1F. The highest BCUT2D eigenvalue weighted by Crippen LogP contribution is 2.34. The molecule has 0 radical (unpaired) electrons. The van der Waals surface area contributed by atoms with Gasteiger partial charge in [-0.1, -0.05) is 18.2 Å². The van der Waals surface area contributed by atoms with Crippen molar-refractivity contribution in [2.75, 3.05) is 0 Å². The van der Waals surface area contributed by atoms with Crippen molar-refractivity contribution >= 4 is 22.4 Å². The van der Waals surface area contributed by atoms with Gasteiger partial charge in [-0.05, 0) is 29.3 Å². The monoisotopic (exact) mass is 388 g/mol. The van der Waals surface area contributed by atoms with Crippen molar-refractivity contribution in [2.24, 2.45) is 11.5 Å². The summed E-state index contributed by atoms with van der Waals surface area (Å²) in [6, 6.07) is 7.53. The molecule has 0 aliphatic rings. The summed E-state index contributed by atoms with van der Waals surface area (Å²) < 4.78 is 42.4. The van der Waals surface area contributed by atoms with Gasteiger partial charge in [-0.2, -0.15) is 4.39 Å². The maximum absolute atomic E-state index is 14.7. The van der Waals surface area contributed by atoms with Crippen molar-refractivity contribution in [3.63, 3.8) is 0 Å². The van der Waals surface area contributed by atoms with Crippen LogP contribution in [0.3, 0.4) is 0 Å². The number of imidazole rings is 1. The van der Waals surface area contributed by atoms with Crippen molar-refractivity contribution in [1.82, 2.24) is 9.97 Å². The second kappa shape index (κ2) is 6.80. The molecule has 8 heteroatoms. The van der Waals surface area contributed by atoms with Gasteiger partial charge >= 0.3 is 0 Å². The third-order valence-electron chi connectivity index (χ3n) is 4.57. The van der Waals surface area contributed by atoms with Crippen molar-refractivity contribution in [3.05, 3.63) is 76.0 Å². The van der Waals surface area contributed by atoms with E-state index in [0.717, 1.165) is 28.4 Å². The zero-order valence-electron chi connectivity index (χ0n) is 13.9. The molecule has 0 spiro atoms. The number of thiophene rings is 1. The Morgan fingerprint density at radius 2 is 1.78 bits per heavy atom. The normalized spacial score (nSPS) is 13.8. The van der Waals surface area contributed by atoms with Gasteiger partial charge in [0.1, 0.15) is 0 Å². The molecule has 0 aliphatic heterocycles. The molecule has 4 aromatic rings. The van der Waals surface area contributed by atoms with E-state index in [1.165, 1.54) is 17.5 Å². The molecule has 2 heterocycles. The van der Waals surface area contributed by atoms with Gasteiger partial charge in [-0.15, -0.1) is 11.3 Å². The second-order valence-electron chi connectivity index (χ2n) is 6.20.